The molecule has 3 N–H and O–H groups in total. The fourth-order valence-corrected chi connectivity index (χ4v) is 4.44. The molecule has 0 saturated carbocycles. The molecule has 1 unspecified atom stereocenters. The maximum atomic E-state index is 12.4. The molecule has 0 spiro atoms. The van der Waals surface area contributed by atoms with Gasteiger partial charge < -0.3 is 20.5 Å². The standard InChI is InChI=1S/C27H34N2O5/c1-17(2)15-24(26(31)32)29-25(30)14-8-9-18(3)28-27(33)34-16-23-21-12-6-4-10-19(21)20-11-5-7-13-22(20)23/h4-7,10-13,17-18,23-24H,8-9,14-16H2,1-3H3,(H,28,33)(H,29,30)(H,31,32)/t18?,24-/m0/s1. The first-order valence-electron chi connectivity index (χ1n) is 11.9. The maximum Gasteiger partial charge on any atom is 0.407 e. The molecule has 0 aromatic heterocycles. The minimum absolute atomic E-state index is 0.00479. The monoisotopic (exact) mass is 466 g/mol. The summed E-state index contributed by atoms with van der Waals surface area (Å²) in [6, 6.07) is 15.3. The van der Waals surface area contributed by atoms with Gasteiger partial charge in [0.05, 0.1) is 0 Å². The second-order valence-electron chi connectivity index (χ2n) is 9.35. The number of amides is 2. The van der Waals surface area contributed by atoms with Crippen molar-refractivity contribution in [3.8, 4) is 11.1 Å². The number of rotatable bonds is 11. The Bertz CT molecular complexity index is 974. The van der Waals surface area contributed by atoms with Crippen LogP contribution in [0.4, 0.5) is 4.79 Å². The van der Waals surface area contributed by atoms with Crippen LogP contribution < -0.4 is 10.6 Å². The van der Waals surface area contributed by atoms with Gasteiger partial charge in [-0.2, -0.15) is 0 Å². The molecule has 7 heteroatoms. The molecule has 34 heavy (non-hydrogen) atoms. The van der Waals surface area contributed by atoms with Crippen molar-refractivity contribution in [2.45, 2.75) is 64.5 Å². The number of carbonyl (C=O) groups excluding carboxylic acids is 2. The van der Waals surface area contributed by atoms with Gasteiger partial charge in [0.15, 0.2) is 0 Å². The van der Waals surface area contributed by atoms with Crippen molar-refractivity contribution in [3.63, 3.8) is 0 Å². The van der Waals surface area contributed by atoms with E-state index in [2.05, 4.69) is 34.9 Å². The Balaban J connectivity index is 1.42. The lowest BCUT2D eigenvalue weighted by Crippen LogP contribution is -2.41. The minimum atomic E-state index is -1.02. The molecule has 2 aromatic rings. The Morgan fingerprint density at radius 3 is 2.09 bits per heavy atom. The van der Waals surface area contributed by atoms with Crippen LogP contribution in [0.3, 0.4) is 0 Å². The van der Waals surface area contributed by atoms with E-state index >= 15 is 0 Å². The molecule has 182 valence electrons. The van der Waals surface area contributed by atoms with Crippen molar-refractivity contribution < 1.29 is 24.2 Å². The Morgan fingerprint density at radius 1 is 0.941 bits per heavy atom. The van der Waals surface area contributed by atoms with Crippen LogP contribution in [0.25, 0.3) is 11.1 Å². The predicted octanol–water partition coefficient (Wildman–Crippen LogP) is 4.70. The van der Waals surface area contributed by atoms with Crippen molar-refractivity contribution in [2.75, 3.05) is 6.61 Å². The van der Waals surface area contributed by atoms with E-state index in [4.69, 9.17) is 4.74 Å². The lowest BCUT2D eigenvalue weighted by atomic mass is 9.98. The number of ether oxygens (including phenoxy) is 1. The third-order valence-electron chi connectivity index (χ3n) is 6.09. The van der Waals surface area contributed by atoms with Gasteiger partial charge in [0.2, 0.25) is 5.91 Å². The van der Waals surface area contributed by atoms with Gasteiger partial charge in [0, 0.05) is 18.4 Å². The summed E-state index contributed by atoms with van der Waals surface area (Å²) >= 11 is 0. The first-order chi connectivity index (χ1) is 16.3. The van der Waals surface area contributed by atoms with E-state index in [-0.39, 0.29) is 36.8 Å². The quantitative estimate of drug-likeness (QED) is 0.445. The molecule has 1 aliphatic carbocycles. The fraction of sp³-hybridized carbons (Fsp3) is 0.444. The zero-order valence-electron chi connectivity index (χ0n) is 20.0. The van der Waals surface area contributed by atoms with E-state index in [0.29, 0.717) is 19.3 Å². The topological polar surface area (TPSA) is 105 Å². The highest BCUT2D eigenvalue weighted by atomic mass is 16.5. The smallest absolute Gasteiger partial charge is 0.407 e. The van der Waals surface area contributed by atoms with E-state index < -0.39 is 18.1 Å². The van der Waals surface area contributed by atoms with Crippen LogP contribution in [0.15, 0.2) is 48.5 Å². The van der Waals surface area contributed by atoms with Gasteiger partial charge in [0.1, 0.15) is 12.6 Å². The summed E-state index contributed by atoms with van der Waals surface area (Å²) < 4.78 is 5.56. The van der Waals surface area contributed by atoms with E-state index in [0.717, 1.165) is 11.1 Å². The lowest BCUT2D eigenvalue weighted by molar-refractivity contribution is -0.142. The van der Waals surface area contributed by atoms with Crippen molar-refractivity contribution in [3.05, 3.63) is 59.7 Å². The summed E-state index contributed by atoms with van der Waals surface area (Å²) in [5.41, 5.74) is 4.68. The first kappa shape index (κ1) is 25.3. The Morgan fingerprint density at radius 2 is 1.53 bits per heavy atom. The van der Waals surface area contributed by atoms with Gasteiger partial charge in [-0.05, 0) is 54.4 Å². The minimum Gasteiger partial charge on any atom is -0.480 e. The summed E-state index contributed by atoms with van der Waals surface area (Å²) in [4.78, 5) is 35.8. The second kappa shape index (κ2) is 11.7. The van der Waals surface area contributed by atoms with Crippen LogP contribution >= 0.6 is 0 Å². The van der Waals surface area contributed by atoms with Crippen molar-refractivity contribution in [1.29, 1.82) is 0 Å². The molecule has 0 radical (unpaired) electrons. The van der Waals surface area contributed by atoms with Crippen LogP contribution in [0.5, 0.6) is 0 Å². The Kier molecular flexibility index (Phi) is 8.68. The average Bonchev–Trinajstić information content (AvgIpc) is 3.10. The SMILES string of the molecule is CC(C)C[C@H](NC(=O)CCCC(C)NC(=O)OCC1c2ccccc2-c2ccccc21)C(=O)O. The second-order valence-corrected chi connectivity index (χ2v) is 9.35. The largest absolute Gasteiger partial charge is 0.480 e. The highest BCUT2D eigenvalue weighted by Gasteiger charge is 2.29. The number of nitrogens with one attached hydrogen (secondary N) is 2. The highest BCUT2D eigenvalue weighted by Crippen LogP contribution is 2.44. The number of aliphatic carboxylic acids is 1. The van der Waals surface area contributed by atoms with E-state index in [1.807, 2.05) is 45.0 Å². The van der Waals surface area contributed by atoms with Crippen LogP contribution in [-0.2, 0) is 14.3 Å². The molecule has 2 aromatic carbocycles. The number of hydrogen-bond acceptors (Lipinski definition) is 4. The predicted molar refractivity (Wildman–Crippen MR) is 131 cm³/mol. The third kappa shape index (κ3) is 6.59. The Hall–Kier alpha value is -3.35. The molecule has 0 fully saturated rings. The summed E-state index contributed by atoms with van der Waals surface area (Å²) in [6.45, 7) is 5.94. The molecule has 2 atom stereocenters. The molecular weight excluding hydrogens is 432 g/mol. The van der Waals surface area contributed by atoms with Crippen LogP contribution in [0, 0.1) is 5.92 Å². The van der Waals surface area contributed by atoms with Gasteiger partial charge in [-0.25, -0.2) is 9.59 Å². The average molecular weight is 467 g/mol. The summed E-state index contributed by atoms with van der Waals surface area (Å²) in [5.74, 6) is -1.14. The summed E-state index contributed by atoms with van der Waals surface area (Å²) in [7, 11) is 0. The zero-order chi connectivity index (χ0) is 24.7. The normalized spacial score (nSPS) is 14.1. The van der Waals surface area contributed by atoms with Crippen LogP contribution in [-0.4, -0.2) is 41.8 Å². The molecule has 2 amide bonds. The lowest BCUT2D eigenvalue weighted by Gasteiger charge is -2.18. The maximum absolute atomic E-state index is 12.4. The van der Waals surface area contributed by atoms with Gasteiger partial charge in [-0.15, -0.1) is 0 Å². The number of carboxylic acids is 1. The molecule has 0 saturated heterocycles. The summed E-state index contributed by atoms with van der Waals surface area (Å²) in [6.07, 6.45) is 1.23. The van der Waals surface area contributed by atoms with Gasteiger partial charge >= 0.3 is 12.1 Å². The van der Waals surface area contributed by atoms with Crippen LogP contribution in [0.1, 0.15) is 63.5 Å². The van der Waals surface area contributed by atoms with Crippen molar-refractivity contribution in [2.24, 2.45) is 5.92 Å². The number of carboxylic acid groups (broad SMARTS) is 1. The number of fused-ring (bicyclic) bond motifs is 3. The van der Waals surface area contributed by atoms with Crippen LogP contribution in [0.2, 0.25) is 0 Å². The zero-order valence-corrected chi connectivity index (χ0v) is 20.0. The molecular formula is C27H34N2O5. The molecule has 1 aliphatic rings. The molecule has 0 bridgehead atoms. The van der Waals surface area contributed by atoms with E-state index in [9.17, 15) is 19.5 Å². The summed E-state index contributed by atoms with van der Waals surface area (Å²) in [5, 5.41) is 14.6. The third-order valence-corrected chi connectivity index (χ3v) is 6.09. The number of alkyl carbamates (subject to hydrolysis) is 1. The van der Waals surface area contributed by atoms with E-state index in [1.165, 1.54) is 11.1 Å². The molecule has 0 heterocycles. The van der Waals surface area contributed by atoms with Gasteiger partial charge in [-0.1, -0.05) is 62.4 Å². The first-order valence-corrected chi connectivity index (χ1v) is 11.9. The molecule has 3 rings (SSSR count). The highest BCUT2D eigenvalue weighted by molar-refractivity contribution is 5.83. The molecule has 7 nitrogen and oxygen atoms in total. The van der Waals surface area contributed by atoms with Crippen molar-refractivity contribution >= 4 is 18.0 Å². The number of carbonyl (C=O) groups is 3. The van der Waals surface area contributed by atoms with Crippen molar-refractivity contribution in [1.82, 2.24) is 10.6 Å². The van der Waals surface area contributed by atoms with Gasteiger partial charge in [-0.3, -0.25) is 4.79 Å². The number of hydrogen-bond donors (Lipinski definition) is 3. The van der Waals surface area contributed by atoms with E-state index in [1.54, 1.807) is 0 Å². The Labute approximate surface area is 200 Å². The molecule has 0 aliphatic heterocycles. The van der Waals surface area contributed by atoms with Gasteiger partial charge in [0.25, 0.3) is 0 Å². The fourth-order valence-electron chi connectivity index (χ4n) is 4.44. The number of benzene rings is 2.